The number of rotatable bonds is 3. The second kappa shape index (κ2) is 6.05. The molecule has 0 saturated carbocycles. The first kappa shape index (κ1) is 14.4. The Hall–Kier alpha value is -2.56. The van der Waals surface area contributed by atoms with Gasteiger partial charge in [0.25, 0.3) is 5.91 Å². The van der Waals surface area contributed by atoms with E-state index in [1.807, 2.05) is 6.07 Å². The van der Waals surface area contributed by atoms with Gasteiger partial charge < -0.3 is 15.6 Å². The van der Waals surface area contributed by atoms with E-state index >= 15 is 0 Å². The maximum atomic E-state index is 12.1. The van der Waals surface area contributed by atoms with Crippen molar-refractivity contribution in [2.24, 2.45) is 0 Å². The van der Waals surface area contributed by atoms with Gasteiger partial charge in [0.2, 0.25) is 0 Å². The molecule has 0 atom stereocenters. The fraction of sp³-hybridized carbons (Fsp3) is 0.294. The molecule has 1 aliphatic rings. The Bertz CT molecular complexity index is 713. The summed E-state index contributed by atoms with van der Waals surface area (Å²) in [5, 5.41) is 24.1. The van der Waals surface area contributed by atoms with Crippen molar-refractivity contribution < 1.29 is 14.6 Å². The van der Waals surface area contributed by atoms with Crippen LogP contribution in [0.4, 0.5) is 0 Å². The van der Waals surface area contributed by atoms with Crippen molar-refractivity contribution in [3.05, 3.63) is 64.1 Å². The molecule has 0 unspecified atom stereocenters. The second-order valence-electron chi connectivity index (χ2n) is 5.54. The van der Waals surface area contributed by atoms with Crippen LogP contribution < -0.4 is 10.0 Å². The molecule has 1 aromatic carbocycles. The van der Waals surface area contributed by atoms with E-state index in [0.29, 0.717) is 10.3 Å². The lowest BCUT2D eigenvalue weighted by atomic mass is 9.87. The standard InChI is InChI=1S/C17H18N2O3/c20-16-8-7-12-4-1-2-6-14(12)15(16)10-18-17(21)13-5-3-9-19(22)11-13/h3,5,7-9,11,20H,1-2,4,6,10H2,(H,18,21). The summed E-state index contributed by atoms with van der Waals surface area (Å²) in [4.78, 5) is 12.1. The smallest absolute Gasteiger partial charge is 0.257 e. The van der Waals surface area contributed by atoms with Crippen LogP contribution in [0, 0.1) is 5.21 Å². The predicted octanol–water partition coefficient (Wildman–Crippen LogP) is 1.83. The summed E-state index contributed by atoms with van der Waals surface area (Å²) in [5.41, 5.74) is 3.50. The van der Waals surface area contributed by atoms with E-state index in [0.717, 1.165) is 36.8 Å². The number of aryl methyl sites for hydroxylation is 1. The molecule has 22 heavy (non-hydrogen) atoms. The first-order valence-electron chi connectivity index (χ1n) is 7.45. The lowest BCUT2D eigenvalue weighted by Gasteiger charge is -2.20. The molecule has 3 rings (SSSR count). The maximum Gasteiger partial charge on any atom is 0.257 e. The summed E-state index contributed by atoms with van der Waals surface area (Å²) in [6, 6.07) is 6.78. The molecule has 0 spiro atoms. The van der Waals surface area contributed by atoms with Gasteiger partial charge in [-0.1, -0.05) is 6.07 Å². The predicted molar refractivity (Wildman–Crippen MR) is 81.3 cm³/mol. The Balaban J connectivity index is 1.78. The van der Waals surface area contributed by atoms with E-state index in [1.54, 1.807) is 12.1 Å². The monoisotopic (exact) mass is 298 g/mol. The highest BCUT2D eigenvalue weighted by Gasteiger charge is 2.17. The zero-order chi connectivity index (χ0) is 15.5. The van der Waals surface area contributed by atoms with E-state index in [-0.39, 0.29) is 18.2 Å². The molecule has 5 heteroatoms. The number of nitrogens with zero attached hydrogens (tertiary/aromatic N) is 1. The summed E-state index contributed by atoms with van der Waals surface area (Å²) in [7, 11) is 0. The Kier molecular flexibility index (Phi) is 3.96. The Morgan fingerprint density at radius 3 is 2.91 bits per heavy atom. The number of pyridine rings is 1. The van der Waals surface area contributed by atoms with Gasteiger partial charge in [-0.3, -0.25) is 4.79 Å². The molecule has 1 amide bonds. The molecule has 5 nitrogen and oxygen atoms in total. The Morgan fingerprint density at radius 1 is 1.27 bits per heavy atom. The quantitative estimate of drug-likeness (QED) is 0.670. The van der Waals surface area contributed by atoms with Gasteiger partial charge in [-0.2, -0.15) is 4.73 Å². The number of aromatic hydroxyl groups is 1. The summed E-state index contributed by atoms with van der Waals surface area (Å²) in [6.07, 6.45) is 6.78. The molecule has 1 heterocycles. The molecule has 0 saturated heterocycles. The van der Waals surface area contributed by atoms with E-state index in [2.05, 4.69) is 5.32 Å². The molecule has 0 bridgehead atoms. The van der Waals surface area contributed by atoms with Crippen LogP contribution in [0.1, 0.15) is 39.9 Å². The summed E-state index contributed by atoms with van der Waals surface area (Å²) in [6.45, 7) is 0.265. The molecule has 0 radical (unpaired) electrons. The molecule has 2 aromatic rings. The number of phenols is 1. The van der Waals surface area contributed by atoms with Gasteiger partial charge in [0, 0.05) is 18.2 Å². The van der Waals surface area contributed by atoms with E-state index in [1.165, 1.54) is 24.0 Å². The van der Waals surface area contributed by atoms with Crippen LogP contribution in [0.25, 0.3) is 0 Å². The van der Waals surface area contributed by atoms with Crippen molar-refractivity contribution in [1.29, 1.82) is 0 Å². The minimum absolute atomic E-state index is 0.216. The van der Waals surface area contributed by atoms with E-state index in [9.17, 15) is 15.1 Å². The van der Waals surface area contributed by atoms with Crippen LogP contribution in [-0.2, 0) is 19.4 Å². The molecule has 114 valence electrons. The van der Waals surface area contributed by atoms with Crippen molar-refractivity contribution in [3.8, 4) is 5.75 Å². The van der Waals surface area contributed by atoms with Crippen molar-refractivity contribution in [2.75, 3.05) is 0 Å². The van der Waals surface area contributed by atoms with Crippen LogP contribution in [0.2, 0.25) is 0 Å². The highest BCUT2D eigenvalue weighted by atomic mass is 16.5. The topological polar surface area (TPSA) is 76.3 Å². The highest BCUT2D eigenvalue weighted by Crippen LogP contribution is 2.30. The summed E-state index contributed by atoms with van der Waals surface area (Å²) >= 11 is 0. The fourth-order valence-corrected chi connectivity index (χ4v) is 2.95. The number of amides is 1. The number of hydrogen-bond acceptors (Lipinski definition) is 3. The number of aromatic nitrogens is 1. The third-order valence-corrected chi connectivity index (χ3v) is 4.09. The minimum atomic E-state index is -0.321. The fourth-order valence-electron chi connectivity index (χ4n) is 2.95. The van der Waals surface area contributed by atoms with Crippen molar-refractivity contribution >= 4 is 5.91 Å². The van der Waals surface area contributed by atoms with E-state index < -0.39 is 0 Å². The van der Waals surface area contributed by atoms with Crippen LogP contribution >= 0.6 is 0 Å². The number of nitrogens with one attached hydrogen (secondary N) is 1. The first-order chi connectivity index (χ1) is 10.6. The zero-order valence-electron chi connectivity index (χ0n) is 12.2. The number of carbonyl (C=O) groups is 1. The second-order valence-corrected chi connectivity index (χ2v) is 5.54. The minimum Gasteiger partial charge on any atom is -0.619 e. The zero-order valence-corrected chi connectivity index (χ0v) is 12.2. The summed E-state index contributed by atoms with van der Waals surface area (Å²) < 4.78 is 0.594. The van der Waals surface area contributed by atoms with Gasteiger partial charge in [0.15, 0.2) is 12.4 Å². The van der Waals surface area contributed by atoms with E-state index in [4.69, 9.17) is 0 Å². The van der Waals surface area contributed by atoms with Crippen molar-refractivity contribution in [1.82, 2.24) is 5.32 Å². The van der Waals surface area contributed by atoms with Crippen LogP contribution in [-0.4, -0.2) is 11.0 Å². The average Bonchev–Trinajstić information content (AvgIpc) is 2.53. The number of hydrogen-bond donors (Lipinski definition) is 2. The van der Waals surface area contributed by atoms with Gasteiger partial charge >= 0.3 is 0 Å². The first-order valence-corrected chi connectivity index (χ1v) is 7.45. The SMILES string of the molecule is O=C(NCc1c(O)ccc2c1CCCC2)c1ccc[n+]([O-])c1. The maximum absolute atomic E-state index is 12.1. The third-order valence-electron chi connectivity index (χ3n) is 4.09. The van der Waals surface area contributed by atoms with Crippen LogP contribution in [0.15, 0.2) is 36.7 Å². The normalized spacial score (nSPS) is 13.5. The molecule has 0 fully saturated rings. The molecular formula is C17H18N2O3. The number of benzene rings is 1. The molecule has 1 aliphatic carbocycles. The van der Waals surface area contributed by atoms with Gasteiger partial charge in [-0.25, -0.2) is 0 Å². The molecule has 1 aromatic heterocycles. The summed E-state index contributed by atoms with van der Waals surface area (Å²) in [5.74, 6) is -0.106. The van der Waals surface area contributed by atoms with Gasteiger partial charge in [0.05, 0.1) is 0 Å². The Morgan fingerprint density at radius 2 is 2.09 bits per heavy atom. The molecular weight excluding hydrogens is 280 g/mol. The Labute approximate surface area is 128 Å². The molecule has 0 aliphatic heterocycles. The lowest BCUT2D eigenvalue weighted by molar-refractivity contribution is -0.605. The average molecular weight is 298 g/mol. The number of fused-ring (bicyclic) bond motifs is 1. The molecule has 2 N–H and O–H groups in total. The number of carbonyl (C=O) groups excluding carboxylic acids is 1. The third kappa shape index (κ3) is 2.88. The van der Waals surface area contributed by atoms with Crippen LogP contribution in [0.3, 0.4) is 0 Å². The van der Waals surface area contributed by atoms with Crippen LogP contribution in [0.5, 0.6) is 5.75 Å². The largest absolute Gasteiger partial charge is 0.619 e. The lowest BCUT2D eigenvalue weighted by Crippen LogP contribution is -2.30. The van der Waals surface area contributed by atoms with Crippen molar-refractivity contribution in [3.63, 3.8) is 0 Å². The van der Waals surface area contributed by atoms with Gasteiger partial charge in [-0.15, -0.1) is 0 Å². The van der Waals surface area contributed by atoms with Gasteiger partial charge in [0.1, 0.15) is 11.3 Å². The van der Waals surface area contributed by atoms with Crippen molar-refractivity contribution in [2.45, 2.75) is 32.2 Å². The van der Waals surface area contributed by atoms with Gasteiger partial charge in [-0.05, 0) is 48.9 Å². The highest BCUT2D eigenvalue weighted by molar-refractivity contribution is 5.93. The number of phenolic OH excluding ortho intramolecular Hbond substituents is 1.